The standard InChI is InChI=1S/C9H12N/c1-8(2)9-5-4-6-10(3)7-9/h4-7H,1H2,2-3H3/q+1. The van der Waals surface area contributed by atoms with Gasteiger partial charge in [0.1, 0.15) is 7.05 Å². The van der Waals surface area contributed by atoms with Gasteiger partial charge in [-0.15, -0.1) is 0 Å². The Bertz CT molecular complexity index is 251. The van der Waals surface area contributed by atoms with Crippen molar-refractivity contribution < 1.29 is 4.57 Å². The highest BCUT2D eigenvalue weighted by atomic mass is 14.9. The molecule has 0 aromatic carbocycles. The van der Waals surface area contributed by atoms with E-state index in [2.05, 4.69) is 18.8 Å². The molecule has 0 fully saturated rings. The second-order valence-corrected chi connectivity index (χ2v) is 2.54. The lowest BCUT2D eigenvalue weighted by atomic mass is 10.1. The van der Waals surface area contributed by atoms with Crippen molar-refractivity contribution in [3.63, 3.8) is 0 Å². The lowest BCUT2D eigenvalue weighted by molar-refractivity contribution is -0.671. The lowest BCUT2D eigenvalue weighted by Gasteiger charge is -1.94. The Hall–Kier alpha value is -1.11. The van der Waals surface area contributed by atoms with Gasteiger partial charge in [-0.25, -0.2) is 4.57 Å². The van der Waals surface area contributed by atoms with E-state index in [0.29, 0.717) is 0 Å². The van der Waals surface area contributed by atoms with E-state index in [1.807, 2.05) is 30.8 Å². The molecule has 1 aromatic rings. The van der Waals surface area contributed by atoms with E-state index in [1.54, 1.807) is 0 Å². The van der Waals surface area contributed by atoms with Gasteiger partial charge >= 0.3 is 0 Å². The number of hydrogen-bond donors (Lipinski definition) is 0. The third-order valence-corrected chi connectivity index (χ3v) is 1.43. The minimum absolute atomic E-state index is 1.11. The fraction of sp³-hybridized carbons (Fsp3) is 0.222. The summed E-state index contributed by atoms with van der Waals surface area (Å²) in [7, 11) is 2.01. The van der Waals surface area contributed by atoms with Gasteiger partial charge in [0, 0.05) is 11.6 Å². The monoisotopic (exact) mass is 134 g/mol. The maximum atomic E-state index is 3.85. The molecule has 1 heteroatoms. The Labute approximate surface area is 61.6 Å². The van der Waals surface area contributed by atoms with E-state index in [4.69, 9.17) is 0 Å². The van der Waals surface area contributed by atoms with Gasteiger partial charge < -0.3 is 0 Å². The SMILES string of the molecule is C=C(C)c1ccc[n+](C)c1. The molecule has 1 aromatic heterocycles. The summed E-state index contributed by atoms with van der Waals surface area (Å²) in [6.45, 7) is 5.86. The summed E-state index contributed by atoms with van der Waals surface area (Å²) in [6, 6.07) is 4.08. The minimum atomic E-state index is 1.11. The molecule has 52 valence electrons. The van der Waals surface area contributed by atoms with Crippen molar-refractivity contribution in [3.05, 3.63) is 36.7 Å². The molecule has 0 radical (unpaired) electrons. The first-order valence-corrected chi connectivity index (χ1v) is 3.31. The van der Waals surface area contributed by atoms with Crippen LogP contribution < -0.4 is 4.57 Å². The molecule has 0 spiro atoms. The zero-order chi connectivity index (χ0) is 7.56. The minimum Gasteiger partial charge on any atom is -0.207 e. The van der Waals surface area contributed by atoms with Crippen LogP contribution in [0.1, 0.15) is 12.5 Å². The highest BCUT2D eigenvalue weighted by molar-refractivity contribution is 5.59. The molecular weight excluding hydrogens is 122 g/mol. The number of rotatable bonds is 1. The molecule has 1 nitrogen and oxygen atoms in total. The van der Waals surface area contributed by atoms with E-state index in [0.717, 1.165) is 5.57 Å². The molecule has 1 heterocycles. The van der Waals surface area contributed by atoms with Gasteiger partial charge in [0.15, 0.2) is 12.4 Å². The van der Waals surface area contributed by atoms with E-state index < -0.39 is 0 Å². The summed E-state index contributed by atoms with van der Waals surface area (Å²) in [5.74, 6) is 0. The number of pyridine rings is 1. The van der Waals surface area contributed by atoms with Crippen LogP contribution in [0, 0.1) is 0 Å². The average molecular weight is 134 g/mol. The molecule has 0 bridgehead atoms. The first kappa shape index (κ1) is 7.00. The van der Waals surface area contributed by atoms with Crippen molar-refractivity contribution in [2.75, 3.05) is 0 Å². The molecule has 0 aliphatic rings. The quantitative estimate of drug-likeness (QED) is 0.513. The van der Waals surface area contributed by atoms with Gasteiger partial charge in [-0.1, -0.05) is 6.58 Å². The largest absolute Gasteiger partial charge is 0.207 e. The highest BCUT2D eigenvalue weighted by Crippen LogP contribution is 2.06. The third-order valence-electron chi connectivity index (χ3n) is 1.43. The number of nitrogens with zero attached hydrogens (tertiary/aromatic N) is 1. The van der Waals surface area contributed by atoms with Crippen LogP contribution in [0.25, 0.3) is 5.57 Å². The Balaban J connectivity index is 3.07. The van der Waals surface area contributed by atoms with Crippen LogP contribution in [-0.4, -0.2) is 0 Å². The molecule has 1 rings (SSSR count). The molecule has 0 saturated carbocycles. The van der Waals surface area contributed by atoms with Crippen molar-refractivity contribution in [2.24, 2.45) is 7.05 Å². The Morgan fingerprint density at radius 2 is 2.30 bits per heavy atom. The summed E-state index contributed by atoms with van der Waals surface area (Å²) >= 11 is 0. The fourth-order valence-corrected chi connectivity index (χ4v) is 0.840. The van der Waals surface area contributed by atoms with E-state index in [1.165, 1.54) is 5.56 Å². The predicted molar refractivity (Wildman–Crippen MR) is 42.3 cm³/mol. The normalized spacial score (nSPS) is 9.40. The first-order valence-electron chi connectivity index (χ1n) is 3.31. The summed E-state index contributed by atoms with van der Waals surface area (Å²) in [5.41, 5.74) is 2.31. The molecule has 0 unspecified atom stereocenters. The van der Waals surface area contributed by atoms with Crippen molar-refractivity contribution >= 4 is 5.57 Å². The van der Waals surface area contributed by atoms with Crippen molar-refractivity contribution in [1.82, 2.24) is 0 Å². The fourth-order valence-electron chi connectivity index (χ4n) is 0.840. The van der Waals surface area contributed by atoms with Crippen molar-refractivity contribution in [2.45, 2.75) is 6.92 Å². The van der Waals surface area contributed by atoms with Gasteiger partial charge in [-0.2, -0.15) is 0 Å². The number of aromatic nitrogens is 1. The molecule has 0 atom stereocenters. The van der Waals surface area contributed by atoms with Crippen LogP contribution in [0.5, 0.6) is 0 Å². The van der Waals surface area contributed by atoms with Gasteiger partial charge in [0.25, 0.3) is 0 Å². The lowest BCUT2D eigenvalue weighted by Crippen LogP contribution is -2.26. The van der Waals surface area contributed by atoms with Crippen LogP contribution in [0.15, 0.2) is 31.1 Å². The van der Waals surface area contributed by atoms with Crippen LogP contribution in [0.2, 0.25) is 0 Å². The Morgan fingerprint density at radius 1 is 1.60 bits per heavy atom. The van der Waals surface area contributed by atoms with Crippen LogP contribution in [-0.2, 0) is 7.05 Å². The maximum Gasteiger partial charge on any atom is 0.176 e. The van der Waals surface area contributed by atoms with Gasteiger partial charge in [0.05, 0.1) is 0 Å². The average Bonchev–Trinajstić information content (AvgIpc) is 1.88. The number of aryl methyl sites for hydroxylation is 1. The number of allylic oxidation sites excluding steroid dienone is 1. The smallest absolute Gasteiger partial charge is 0.176 e. The molecular formula is C9H12N+. The first-order chi connectivity index (χ1) is 4.70. The Morgan fingerprint density at radius 3 is 2.70 bits per heavy atom. The van der Waals surface area contributed by atoms with E-state index >= 15 is 0 Å². The van der Waals surface area contributed by atoms with Crippen LogP contribution in [0.4, 0.5) is 0 Å². The second-order valence-electron chi connectivity index (χ2n) is 2.54. The van der Waals surface area contributed by atoms with Gasteiger partial charge in [-0.05, 0) is 18.6 Å². The summed E-state index contributed by atoms with van der Waals surface area (Å²) in [6.07, 6.45) is 4.06. The summed E-state index contributed by atoms with van der Waals surface area (Å²) < 4.78 is 2.02. The zero-order valence-corrected chi connectivity index (χ0v) is 6.46. The third kappa shape index (κ3) is 1.44. The van der Waals surface area contributed by atoms with Gasteiger partial charge in [-0.3, -0.25) is 0 Å². The molecule has 0 aliphatic carbocycles. The van der Waals surface area contributed by atoms with Crippen LogP contribution in [0.3, 0.4) is 0 Å². The summed E-state index contributed by atoms with van der Waals surface area (Å²) in [4.78, 5) is 0. The summed E-state index contributed by atoms with van der Waals surface area (Å²) in [5, 5.41) is 0. The molecule has 0 aliphatic heterocycles. The molecule has 0 saturated heterocycles. The second kappa shape index (κ2) is 2.65. The van der Waals surface area contributed by atoms with Crippen molar-refractivity contribution in [3.8, 4) is 0 Å². The van der Waals surface area contributed by atoms with Gasteiger partial charge in [0.2, 0.25) is 0 Å². The van der Waals surface area contributed by atoms with Crippen molar-refractivity contribution in [1.29, 1.82) is 0 Å². The highest BCUT2D eigenvalue weighted by Gasteiger charge is 1.96. The van der Waals surface area contributed by atoms with E-state index in [9.17, 15) is 0 Å². The Kier molecular flexibility index (Phi) is 1.86. The number of hydrogen-bond acceptors (Lipinski definition) is 0. The molecule has 0 amide bonds. The predicted octanol–water partition coefficient (Wildman–Crippen LogP) is 1.54. The molecule has 10 heavy (non-hydrogen) atoms. The zero-order valence-electron chi connectivity index (χ0n) is 6.46. The molecule has 0 N–H and O–H groups in total. The van der Waals surface area contributed by atoms with E-state index in [-0.39, 0.29) is 0 Å². The van der Waals surface area contributed by atoms with Crippen LogP contribution >= 0.6 is 0 Å². The topological polar surface area (TPSA) is 3.88 Å². The maximum absolute atomic E-state index is 3.85.